The summed E-state index contributed by atoms with van der Waals surface area (Å²) >= 11 is 0. The molecule has 208 valence electrons. The van der Waals surface area contributed by atoms with E-state index in [0.717, 1.165) is 74.4 Å². The Bertz CT molecular complexity index is 1050. The van der Waals surface area contributed by atoms with Crippen molar-refractivity contribution in [2.45, 2.75) is 25.7 Å². The summed E-state index contributed by atoms with van der Waals surface area (Å²) in [5, 5.41) is 6.38. The molecule has 0 spiro atoms. The van der Waals surface area contributed by atoms with Crippen LogP contribution in [0.4, 0.5) is 10.5 Å². The number of hydrogen-bond acceptors (Lipinski definition) is 4. The van der Waals surface area contributed by atoms with E-state index < -0.39 is 0 Å². The second kappa shape index (κ2) is 19.3. The van der Waals surface area contributed by atoms with Crippen molar-refractivity contribution in [3.63, 3.8) is 0 Å². The zero-order valence-corrected chi connectivity index (χ0v) is 24.0. The molecule has 0 saturated carbocycles. The molecule has 2 N–H and O–H groups in total. The first-order valence-electron chi connectivity index (χ1n) is 13.6. The van der Waals surface area contributed by atoms with E-state index in [1.807, 2.05) is 116 Å². The largest absolute Gasteiger partial charge is 0.497 e. The molecule has 0 aliphatic carbocycles. The Balaban J connectivity index is 0.000000254. The molecule has 2 amide bonds. The number of amides is 2. The Labute approximate surface area is 235 Å². The van der Waals surface area contributed by atoms with Gasteiger partial charge in [0, 0.05) is 29.9 Å². The van der Waals surface area contributed by atoms with E-state index in [1.54, 1.807) is 7.11 Å². The van der Waals surface area contributed by atoms with Gasteiger partial charge in [-0.05, 0) is 108 Å². The predicted octanol–water partition coefficient (Wildman–Crippen LogP) is 5.96. The Morgan fingerprint density at radius 3 is 1.67 bits per heavy atom. The van der Waals surface area contributed by atoms with Crippen LogP contribution in [0.15, 0.2) is 84.9 Å². The molecule has 1 saturated heterocycles. The van der Waals surface area contributed by atoms with Crippen molar-refractivity contribution in [1.29, 1.82) is 0 Å². The number of carbonyl (C=O) groups excluding carboxylic acids is 1. The predicted molar refractivity (Wildman–Crippen MR) is 163 cm³/mol. The molecule has 6 heteroatoms. The highest BCUT2D eigenvalue weighted by molar-refractivity contribution is 5.89. The van der Waals surface area contributed by atoms with Crippen LogP contribution in [0.5, 0.6) is 5.75 Å². The number of benzene rings is 3. The summed E-state index contributed by atoms with van der Waals surface area (Å²) in [5.74, 6) is 7.01. The van der Waals surface area contributed by atoms with E-state index in [1.165, 1.54) is 0 Å². The van der Waals surface area contributed by atoms with Crippen molar-refractivity contribution >= 4 is 11.7 Å². The zero-order valence-electron chi connectivity index (χ0n) is 24.0. The summed E-state index contributed by atoms with van der Waals surface area (Å²) in [7, 11) is 7.63. The Morgan fingerprint density at radius 1 is 0.769 bits per heavy atom. The lowest BCUT2D eigenvalue weighted by Gasteiger charge is -2.24. The van der Waals surface area contributed by atoms with Crippen molar-refractivity contribution in [2.75, 3.05) is 59.7 Å². The topological polar surface area (TPSA) is 56.8 Å². The molecular formula is C33H44N4O2. The molecular weight excluding hydrogens is 484 g/mol. The lowest BCUT2D eigenvalue weighted by molar-refractivity contribution is 0.208. The van der Waals surface area contributed by atoms with Gasteiger partial charge in [0.15, 0.2) is 0 Å². The molecule has 4 rings (SSSR count). The molecule has 1 aliphatic rings. The summed E-state index contributed by atoms with van der Waals surface area (Å²) in [5.41, 5.74) is 2.91. The average Bonchev–Trinajstić information content (AvgIpc) is 2.96. The minimum atomic E-state index is -0.00583. The summed E-state index contributed by atoms with van der Waals surface area (Å²) < 4.78 is 5.12. The van der Waals surface area contributed by atoms with Gasteiger partial charge >= 0.3 is 6.03 Å². The number of ether oxygens (including phenoxy) is 1. The van der Waals surface area contributed by atoms with Crippen molar-refractivity contribution in [2.24, 2.45) is 0 Å². The van der Waals surface area contributed by atoms with Gasteiger partial charge in [-0.1, -0.05) is 48.2 Å². The Kier molecular flexibility index (Phi) is 15.6. The number of hydrogen-bond donors (Lipinski definition) is 2. The molecule has 6 nitrogen and oxygen atoms in total. The van der Waals surface area contributed by atoms with E-state index in [2.05, 4.69) is 22.5 Å². The lowest BCUT2D eigenvalue weighted by atomic mass is 10.2. The molecule has 0 aromatic heterocycles. The minimum absolute atomic E-state index is 0.00583. The lowest BCUT2D eigenvalue weighted by Crippen LogP contribution is -2.37. The van der Waals surface area contributed by atoms with Crippen LogP contribution in [0.3, 0.4) is 0 Å². The van der Waals surface area contributed by atoms with Crippen molar-refractivity contribution in [1.82, 2.24) is 15.1 Å². The van der Waals surface area contributed by atoms with Gasteiger partial charge in [-0.15, -0.1) is 0 Å². The number of urea groups is 1. The number of methoxy groups -OCH3 is 1. The second-order valence-electron chi connectivity index (χ2n) is 9.63. The molecule has 0 bridgehead atoms. The van der Waals surface area contributed by atoms with Crippen LogP contribution in [0.25, 0.3) is 0 Å². The highest BCUT2D eigenvalue weighted by Crippen LogP contribution is 2.16. The number of anilines is 1. The van der Waals surface area contributed by atoms with Crippen LogP contribution in [0.1, 0.15) is 36.8 Å². The Morgan fingerprint density at radius 2 is 1.23 bits per heavy atom. The normalized spacial score (nSPS) is 13.3. The third-order valence-electron chi connectivity index (χ3n) is 5.59. The standard InChI is InChI=1S/C16H25N3O2.C14H10.C3H9N/c1-21-15-8-6-14(7-9-15)18-16(20)19-12-4-2-10-17-11-3-5-13-19;1-3-7-13(8-4-1)11-12-14-9-5-2-6-10-14;1-4(2)3/h6-9,17H,2-5,10-13H2,1H3,(H,18,20);1-10H;1-3H3. The highest BCUT2D eigenvalue weighted by atomic mass is 16.5. The van der Waals surface area contributed by atoms with Crippen LogP contribution < -0.4 is 15.4 Å². The second-order valence-corrected chi connectivity index (χ2v) is 9.63. The van der Waals surface area contributed by atoms with E-state index in [9.17, 15) is 4.79 Å². The molecule has 1 fully saturated rings. The van der Waals surface area contributed by atoms with Crippen molar-refractivity contribution in [3.8, 4) is 17.6 Å². The first kappa shape index (κ1) is 31.4. The molecule has 3 aromatic rings. The number of rotatable bonds is 2. The van der Waals surface area contributed by atoms with E-state index in [-0.39, 0.29) is 6.03 Å². The van der Waals surface area contributed by atoms with E-state index in [0.29, 0.717) is 0 Å². The third kappa shape index (κ3) is 14.7. The summed E-state index contributed by atoms with van der Waals surface area (Å²) in [6.45, 7) is 3.75. The maximum Gasteiger partial charge on any atom is 0.321 e. The van der Waals surface area contributed by atoms with Crippen molar-refractivity contribution in [3.05, 3.63) is 96.1 Å². The van der Waals surface area contributed by atoms with Crippen LogP contribution in [0.2, 0.25) is 0 Å². The van der Waals surface area contributed by atoms with Crippen LogP contribution >= 0.6 is 0 Å². The van der Waals surface area contributed by atoms with Crippen LogP contribution in [-0.4, -0.2) is 70.3 Å². The average molecular weight is 529 g/mol. The quantitative estimate of drug-likeness (QED) is 0.403. The molecule has 0 atom stereocenters. The maximum absolute atomic E-state index is 12.4. The fraction of sp³-hybridized carbons (Fsp3) is 0.364. The first-order valence-corrected chi connectivity index (χ1v) is 13.6. The monoisotopic (exact) mass is 528 g/mol. The maximum atomic E-state index is 12.4. The molecule has 39 heavy (non-hydrogen) atoms. The summed E-state index contributed by atoms with van der Waals surface area (Å²) in [4.78, 5) is 16.3. The SMILES string of the molecule is C(#Cc1ccccc1)c1ccccc1.CN(C)C.COc1ccc(NC(=O)N2CCCCNCCCC2)cc1. The van der Waals surface area contributed by atoms with Gasteiger partial charge in [-0.2, -0.15) is 0 Å². The zero-order chi connectivity index (χ0) is 28.1. The number of carbonyl (C=O) groups is 1. The molecule has 0 unspecified atom stereocenters. The third-order valence-corrected chi connectivity index (χ3v) is 5.59. The van der Waals surface area contributed by atoms with Gasteiger partial charge in [0.25, 0.3) is 0 Å². The van der Waals surface area contributed by atoms with Gasteiger partial charge in [-0.3, -0.25) is 0 Å². The smallest absolute Gasteiger partial charge is 0.321 e. The number of nitrogens with zero attached hydrogens (tertiary/aromatic N) is 2. The van der Waals surface area contributed by atoms with E-state index in [4.69, 9.17) is 4.74 Å². The molecule has 1 aliphatic heterocycles. The Hall–Kier alpha value is -3.79. The van der Waals surface area contributed by atoms with Crippen molar-refractivity contribution < 1.29 is 9.53 Å². The molecule has 0 radical (unpaired) electrons. The van der Waals surface area contributed by atoms with Gasteiger partial charge in [0.05, 0.1) is 7.11 Å². The highest BCUT2D eigenvalue weighted by Gasteiger charge is 2.13. The summed E-state index contributed by atoms with van der Waals surface area (Å²) in [6, 6.07) is 27.4. The van der Waals surface area contributed by atoms with Gasteiger partial charge in [-0.25, -0.2) is 4.79 Å². The van der Waals surface area contributed by atoms with E-state index >= 15 is 0 Å². The summed E-state index contributed by atoms with van der Waals surface area (Å²) in [6.07, 6.45) is 4.32. The van der Waals surface area contributed by atoms with Crippen LogP contribution in [-0.2, 0) is 0 Å². The fourth-order valence-corrected chi connectivity index (χ4v) is 3.61. The minimum Gasteiger partial charge on any atom is -0.497 e. The first-order chi connectivity index (χ1) is 19.0. The molecule has 1 heterocycles. The van der Waals surface area contributed by atoms with Gasteiger partial charge < -0.3 is 25.2 Å². The van der Waals surface area contributed by atoms with Gasteiger partial charge in [0.1, 0.15) is 5.75 Å². The number of nitrogens with one attached hydrogen (secondary N) is 2. The van der Waals surface area contributed by atoms with Gasteiger partial charge in [0.2, 0.25) is 0 Å². The molecule has 3 aromatic carbocycles. The van der Waals surface area contributed by atoms with Crippen LogP contribution in [0, 0.1) is 11.8 Å². The fourth-order valence-electron chi connectivity index (χ4n) is 3.61.